The van der Waals surface area contributed by atoms with E-state index >= 15 is 0 Å². The van der Waals surface area contributed by atoms with Crippen molar-refractivity contribution in [3.63, 3.8) is 0 Å². The second-order valence-electron chi connectivity index (χ2n) is 8.10. The Labute approximate surface area is 204 Å². The fourth-order valence-electron chi connectivity index (χ4n) is 3.39. The molecule has 1 aromatic heterocycles. The summed E-state index contributed by atoms with van der Waals surface area (Å²) in [6, 6.07) is 16.5. The van der Waals surface area contributed by atoms with E-state index in [1.165, 1.54) is 18.2 Å². The molecule has 0 radical (unpaired) electrons. The lowest BCUT2D eigenvalue weighted by Crippen LogP contribution is -2.36. The largest absolute Gasteiger partial charge is 0.457 e. The number of imide groups is 1. The van der Waals surface area contributed by atoms with Gasteiger partial charge in [-0.15, -0.1) is 0 Å². The van der Waals surface area contributed by atoms with E-state index in [1.807, 2.05) is 12.1 Å². The van der Waals surface area contributed by atoms with E-state index in [1.54, 1.807) is 36.4 Å². The Balaban J connectivity index is 1.41. The molecule has 2 heterocycles. The Kier molecular flexibility index (Phi) is 6.83. The van der Waals surface area contributed by atoms with E-state index in [0.29, 0.717) is 28.7 Å². The molecule has 0 spiro atoms. The first kappa shape index (κ1) is 24.0. The lowest BCUT2D eigenvalue weighted by Gasteiger charge is -2.13. The molecule has 1 aliphatic heterocycles. The minimum Gasteiger partial charge on any atom is -0.457 e. The number of nitro benzene ring substituents is 1. The molecule has 3 amide bonds. The summed E-state index contributed by atoms with van der Waals surface area (Å²) in [4.78, 5) is 48.9. The zero-order valence-corrected chi connectivity index (χ0v) is 19.7. The van der Waals surface area contributed by atoms with Crippen molar-refractivity contribution in [3.05, 3.63) is 87.0 Å². The molecule has 0 bridgehead atoms. The molecular formula is C25H21N3O6S. The number of rotatable bonds is 7. The summed E-state index contributed by atoms with van der Waals surface area (Å²) in [6.45, 7) is 3.74. The van der Waals surface area contributed by atoms with Gasteiger partial charge in [0.25, 0.3) is 16.8 Å². The number of nitrogens with one attached hydrogen (secondary N) is 1. The molecule has 3 aromatic rings. The minimum absolute atomic E-state index is 0.0363. The second kappa shape index (κ2) is 9.98. The first-order chi connectivity index (χ1) is 16.7. The van der Waals surface area contributed by atoms with E-state index in [4.69, 9.17) is 4.42 Å². The molecule has 0 saturated carbocycles. The van der Waals surface area contributed by atoms with Crippen molar-refractivity contribution in [2.45, 2.75) is 19.8 Å². The van der Waals surface area contributed by atoms with Gasteiger partial charge in [-0.3, -0.25) is 29.4 Å². The van der Waals surface area contributed by atoms with Crippen LogP contribution in [0.3, 0.4) is 0 Å². The first-order valence-corrected chi connectivity index (χ1v) is 11.5. The van der Waals surface area contributed by atoms with Gasteiger partial charge >= 0.3 is 0 Å². The van der Waals surface area contributed by atoms with Gasteiger partial charge < -0.3 is 9.73 Å². The molecule has 9 nitrogen and oxygen atoms in total. The zero-order valence-electron chi connectivity index (χ0n) is 18.9. The molecule has 35 heavy (non-hydrogen) atoms. The Morgan fingerprint density at radius 1 is 1.09 bits per heavy atom. The van der Waals surface area contributed by atoms with Gasteiger partial charge in [0.2, 0.25) is 5.91 Å². The van der Waals surface area contributed by atoms with Gasteiger partial charge in [0, 0.05) is 29.5 Å². The number of thioether (sulfide) groups is 1. The third-order valence-corrected chi connectivity index (χ3v) is 6.21. The summed E-state index contributed by atoms with van der Waals surface area (Å²) in [5.41, 5.74) is 2.30. The summed E-state index contributed by atoms with van der Waals surface area (Å²) in [5.74, 6) is 0.0795. The highest BCUT2D eigenvalue weighted by Gasteiger charge is 2.36. The Morgan fingerprint density at radius 2 is 1.77 bits per heavy atom. The molecule has 1 fully saturated rings. The summed E-state index contributed by atoms with van der Waals surface area (Å²) in [6.07, 6.45) is 1.43. The van der Waals surface area contributed by atoms with Crippen molar-refractivity contribution in [1.29, 1.82) is 0 Å². The van der Waals surface area contributed by atoms with Gasteiger partial charge in [-0.2, -0.15) is 0 Å². The summed E-state index contributed by atoms with van der Waals surface area (Å²) < 4.78 is 5.72. The van der Waals surface area contributed by atoms with Gasteiger partial charge in [0.15, 0.2) is 0 Å². The number of carbonyl (C=O) groups excluding carboxylic acids is 3. The monoisotopic (exact) mass is 491 g/mol. The van der Waals surface area contributed by atoms with Crippen LogP contribution in [0.2, 0.25) is 0 Å². The highest BCUT2D eigenvalue weighted by molar-refractivity contribution is 8.18. The molecule has 0 aliphatic carbocycles. The van der Waals surface area contributed by atoms with Gasteiger partial charge in [0.1, 0.15) is 18.1 Å². The lowest BCUT2D eigenvalue weighted by atomic mass is 10.0. The van der Waals surface area contributed by atoms with Crippen LogP contribution in [0, 0.1) is 10.1 Å². The van der Waals surface area contributed by atoms with Crippen molar-refractivity contribution in [3.8, 4) is 11.3 Å². The van der Waals surface area contributed by atoms with Gasteiger partial charge in [-0.25, -0.2) is 0 Å². The van der Waals surface area contributed by atoms with Gasteiger partial charge in [0.05, 0.1) is 9.83 Å². The van der Waals surface area contributed by atoms with Crippen LogP contribution in [-0.4, -0.2) is 33.4 Å². The number of carbonyl (C=O) groups is 3. The number of non-ortho nitro benzene ring substituents is 1. The summed E-state index contributed by atoms with van der Waals surface area (Å²) in [5, 5.41) is 13.0. The van der Waals surface area contributed by atoms with Gasteiger partial charge in [-0.1, -0.05) is 26.0 Å². The molecule has 1 aliphatic rings. The normalized spacial score (nSPS) is 14.7. The van der Waals surface area contributed by atoms with E-state index in [-0.39, 0.29) is 10.6 Å². The van der Waals surface area contributed by atoms with Crippen LogP contribution >= 0.6 is 11.8 Å². The standard InChI is InChI=1S/C25H21N3O6S/c1-15(2)16-3-7-18(8-4-16)26-23(29)14-27-24(30)22(35-25(27)31)13-20-11-12-21(34-20)17-5-9-19(10-6-17)28(32)33/h3-13,15H,14H2,1-2H3,(H,26,29)/b22-13+. The summed E-state index contributed by atoms with van der Waals surface area (Å²) in [7, 11) is 0. The number of nitro groups is 1. The van der Waals surface area contributed by atoms with Crippen molar-refractivity contribution in [2.24, 2.45) is 0 Å². The van der Waals surface area contributed by atoms with E-state index < -0.39 is 28.5 Å². The Hall–Kier alpha value is -4.18. The maximum Gasteiger partial charge on any atom is 0.294 e. The molecule has 10 heteroatoms. The average Bonchev–Trinajstić information content (AvgIpc) is 3.40. The molecule has 4 rings (SSSR count). The van der Waals surface area contributed by atoms with Crippen LogP contribution < -0.4 is 5.32 Å². The molecule has 1 N–H and O–H groups in total. The van der Waals surface area contributed by atoms with Crippen molar-refractivity contribution in [2.75, 3.05) is 11.9 Å². The molecule has 0 unspecified atom stereocenters. The maximum absolute atomic E-state index is 12.7. The Bertz CT molecular complexity index is 1330. The second-order valence-corrected chi connectivity index (χ2v) is 9.09. The topological polar surface area (TPSA) is 123 Å². The third kappa shape index (κ3) is 5.49. The van der Waals surface area contributed by atoms with Crippen LogP contribution in [-0.2, 0) is 9.59 Å². The predicted molar refractivity (Wildman–Crippen MR) is 133 cm³/mol. The maximum atomic E-state index is 12.7. The SMILES string of the molecule is CC(C)c1ccc(NC(=O)CN2C(=O)S/C(=C/c3ccc(-c4ccc([N+](=O)[O-])cc4)o3)C2=O)cc1. The van der Waals surface area contributed by atoms with E-state index in [0.717, 1.165) is 22.2 Å². The summed E-state index contributed by atoms with van der Waals surface area (Å²) >= 11 is 0.724. The molecule has 178 valence electrons. The highest BCUT2D eigenvalue weighted by atomic mass is 32.2. The highest BCUT2D eigenvalue weighted by Crippen LogP contribution is 2.33. The number of benzene rings is 2. The average molecular weight is 492 g/mol. The lowest BCUT2D eigenvalue weighted by molar-refractivity contribution is -0.384. The van der Waals surface area contributed by atoms with Crippen LogP contribution in [0.25, 0.3) is 17.4 Å². The number of hydrogen-bond acceptors (Lipinski definition) is 7. The number of hydrogen-bond donors (Lipinski definition) is 1. The van der Waals surface area contributed by atoms with E-state index in [2.05, 4.69) is 19.2 Å². The fourth-order valence-corrected chi connectivity index (χ4v) is 4.21. The molecule has 1 saturated heterocycles. The van der Waals surface area contributed by atoms with Crippen molar-refractivity contribution < 1.29 is 23.7 Å². The van der Waals surface area contributed by atoms with Crippen LogP contribution in [0.1, 0.15) is 31.1 Å². The van der Waals surface area contributed by atoms with Crippen LogP contribution in [0.5, 0.6) is 0 Å². The zero-order chi connectivity index (χ0) is 25.1. The predicted octanol–water partition coefficient (Wildman–Crippen LogP) is 5.65. The molecular weight excluding hydrogens is 470 g/mol. The van der Waals surface area contributed by atoms with Gasteiger partial charge in [-0.05, 0) is 59.6 Å². The van der Waals surface area contributed by atoms with Crippen LogP contribution in [0.4, 0.5) is 16.2 Å². The van der Waals surface area contributed by atoms with Crippen LogP contribution in [0.15, 0.2) is 70.0 Å². The Morgan fingerprint density at radius 3 is 2.40 bits per heavy atom. The number of nitrogens with zero attached hydrogens (tertiary/aromatic N) is 2. The van der Waals surface area contributed by atoms with E-state index in [9.17, 15) is 24.5 Å². The quantitative estimate of drug-likeness (QED) is 0.257. The number of furan rings is 1. The number of amides is 3. The van der Waals surface area contributed by atoms with Crippen molar-refractivity contribution in [1.82, 2.24) is 4.90 Å². The smallest absolute Gasteiger partial charge is 0.294 e. The molecule has 0 atom stereocenters. The minimum atomic E-state index is -0.585. The van der Waals surface area contributed by atoms with Crippen molar-refractivity contribution >= 4 is 46.3 Å². The fraction of sp³-hybridized carbons (Fsp3) is 0.160. The third-order valence-electron chi connectivity index (χ3n) is 5.30. The number of anilines is 1. The molecule has 2 aromatic carbocycles. The first-order valence-electron chi connectivity index (χ1n) is 10.7.